The fourth-order valence-corrected chi connectivity index (χ4v) is 5.74. The van der Waals surface area contributed by atoms with Gasteiger partial charge in [0.1, 0.15) is 0 Å². The number of urea groups is 1. The number of amides is 3. The lowest BCUT2D eigenvalue weighted by Crippen LogP contribution is -2.50. The molecule has 10 heteroatoms. The van der Waals surface area contributed by atoms with Crippen molar-refractivity contribution < 1.29 is 19.1 Å². The van der Waals surface area contributed by atoms with Crippen LogP contribution < -0.4 is 15.5 Å². The maximum absolute atomic E-state index is 13.1. The first-order valence-electron chi connectivity index (χ1n) is 14.7. The first kappa shape index (κ1) is 30.7. The van der Waals surface area contributed by atoms with E-state index in [9.17, 15) is 14.4 Å². The Balaban J connectivity index is 1.22. The molecule has 0 aromatic heterocycles. The summed E-state index contributed by atoms with van der Waals surface area (Å²) in [5.41, 5.74) is 4.58. The predicted octanol–water partition coefficient (Wildman–Crippen LogP) is 5.66. The van der Waals surface area contributed by atoms with Crippen LogP contribution in [0.5, 0.6) is 0 Å². The Morgan fingerprint density at radius 1 is 0.902 bits per heavy atom. The van der Waals surface area contributed by atoms with Crippen molar-refractivity contribution in [2.45, 2.75) is 58.9 Å². The third-order valence-corrected chi connectivity index (χ3v) is 7.91. The Morgan fingerprint density at radius 3 is 2.27 bits per heavy atom. The summed E-state index contributed by atoms with van der Waals surface area (Å²) in [6.45, 7) is 9.84. The van der Waals surface area contributed by atoms with Crippen LogP contribution in [0.15, 0.2) is 36.4 Å². The summed E-state index contributed by atoms with van der Waals surface area (Å²) < 4.78 is 4.89. The summed E-state index contributed by atoms with van der Waals surface area (Å²) in [7, 11) is 0. The molecule has 0 spiro atoms. The van der Waals surface area contributed by atoms with Gasteiger partial charge in [-0.3, -0.25) is 14.5 Å². The number of likely N-dealkylation sites (tertiary alicyclic amines) is 1. The van der Waals surface area contributed by atoms with Gasteiger partial charge in [-0.1, -0.05) is 24.1 Å². The molecular weight excluding hydrogens is 542 g/mol. The lowest BCUT2D eigenvalue weighted by atomic mass is 10.1. The molecule has 9 nitrogen and oxygen atoms in total. The molecule has 3 amide bonds. The van der Waals surface area contributed by atoms with Gasteiger partial charge in [-0.2, -0.15) is 0 Å². The van der Waals surface area contributed by atoms with E-state index in [2.05, 4.69) is 26.5 Å². The molecule has 2 heterocycles. The number of benzene rings is 2. The molecular formula is C31H42ClN5O4. The molecule has 2 aliphatic rings. The van der Waals surface area contributed by atoms with Crippen molar-refractivity contribution in [1.82, 2.24) is 9.80 Å². The molecule has 0 unspecified atom stereocenters. The molecule has 0 radical (unpaired) electrons. The second-order valence-corrected chi connectivity index (χ2v) is 11.2. The fraction of sp³-hybridized carbons (Fsp3) is 0.516. The van der Waals surface area contributed by atoms with Gasteiger partial charge in [-0.25, -0.2) is 4.79 Å². The highest BCUT2D eigenvalue weighted by Crippen LogP contribution is 2.29. The molecule has 41 heavy (non-hydrogen) atoms. The number of nitrogens with zero attached hydrogens (tertiary/aromatic N) is 3. The molecule has 2 aromatic rings. The number of carbonyl (C=O) groups is 3. The number of anilines is 3. The number of rotatable bonds is 10. The molecule has 0 aliphatic carbocycles. The number of halogens is 1. The maximum atomic E-state index is 13.1. The summed E-state index contributed by atoms with van der Waals surface area (Å²) in [6.07, 6.45) is 4.76. The largest absolute Gasteiger partial charge is 0.466 e. The van der Waals surface area contributed by atoms with E-state index in [1.165, 1.54) is 24.8 Å². The molecule has 2 fully saturated rings. The first-order valence-corrected chi connectivity index (χ1v) is 15.1. The quantitative estimate of drug-likeness (QED) is 0.351. The van der Waals surface area contributed by atoms with Gasteiger partial charge in [0.15, 0.2) is 0 Å². The van der Waals surface area contributed by atoms with Crippen molar-refractivity contribution in [1.29, 1.82) is 0 Å². The smallest absolute Gasteiger partial charge is 0.322 e. The van der Waals surface area contributed by atoms with Crippen molar-refractivity contribution in [2.24, 2.45) is 0 Å². The lowest BCUT2D eigenvalue weighted by molar-refractivity contribution is -0.143. The van der Waals surface area contributed by atoms with Crippen molar-refractivity contribution in [3.05, 3.63) is 52.5 Å². The maximum Gasteiger partial charge on any atom is 0.322 e. The Morgan fingerprint density at radius 2 is 1.61 bits per heavy atom. The number of ether oxygens (including phenoxy) is 1. The van der Waals surface area contributed by atoms with Crippen molar-refractivity contribution in [2.75, 3.05) is 61.4 Å². The van der Waals surface area contributed by atoms with Crippen LogP contribution >= 0.6 is 11.6 Å². The van der Waals surface area contributed by atoms with Crippen LogP contribution in [0.25, 0.3) is 0 Å². The highest BCUT2D eigenvalue weighted by molar-refractivity contribution is 6.34. The van der Waals surface area contributed by atoms with Crippen molar-refractivity contribution in [3.8, 4) is 0 Å². The minimum absolute atomic E-state index is 0.131. The molecule has 2 aromatic carbocycles. The minimum atomic E-state index is -0.279. The Bertz CT molecular complexity index is 1170. The number of piperidine rings is 1. The zero-order chi connectivity index (χ0) is 29.2. The van der Waals surface area contributed by atoms with Gasteiger partial charge < -0.3 is 25.2 Å². The third kappa shape index (κ3) is 9.10. The number of esters is 1. The molecule has 2 saturated heterocycles. The van der Waals surface area contributed by atoms with E-state index in [0.717, 1.165) is 30.9 Å². The SMILES string of the molecule is CCOC(=O)CCCC(=O)Nc1ccc(N2CCN(C(=O)Nc3c(C)cc(CN4CCCCC4)cc3Cl)CC2)cc1. The Kier molecular flexibility index (Phi) is 11.3. The highest BCUT2D eigenvalue weighted by Gasteiger charge is 2.23. The van der Waals surface area contributed by atoms with E-state index in [1.54, 1.807) is 6.92 Å². The predicted molar refractivity (Wildman–Crippen MR) is 164 cm³/mol. The number of nitrogens with one attached hydrogen (secondary N) is 2. The van der Waals surface area contributed by atoms with Gasteiger partial charge in [-0.15, -0.1) is 0 Å². The van der Waals surface area contributed by atoms with Gasteiger partial charge in [0.05, 0.1) is 17.3 Å². The van der Waals surface area contributed by atoms with E-state index in [0.29, 0.717) is 55.6 Å². The second-order valence-electron chi connectivity index (χ2n) is 10.8. The Labute approximate surface area is 248 Å². The normalized spacial score (nSPS) is 15.9. The van der Waals surface area contributed by atoms with Gasteiger partial charge in [0, 0.05) is 56.9 Å². The number of aryl methyl sites for hydroxylation is 1. The average molecular weight is 584 g/mol. The molecule has 0 atom stereocenters. The van der Waals surface area contributed by atoms with Gasteiger partial charge in [-0.05, 0) is 87.7 Å². The number of carbonyl (C=O) groups excluding carboxylic acids is 3. The molecule has 2 aliphatic heterocycles. The minimum Gasteiger partial charge on any atom is -0.466 e. The standard InChI is InChI=1S/C31H42ClN5O4/c1-3-41-29(39)9-7-8-28(38)33-25-10-12-26(13-11-25)36-16-18-37(19-17-36)31(40)34-30-23(2)20-24(21-27(30)32)22-35-14-5-4-6-15-35/h10-13,20-21H,3-9,14-19,22H2,1-2H3,(H,33,38)(H,34,40). The van der Waals surface area contributed by atoms with Crippen LogP contribution in [-0.2, 0) is 20.9 Å². The average Bonchev–Trinajstić information content (AvgIpc) is 2.96. The monoisotopic (exact) mass is 583 g/mol. The summed E-state index contributed by atoms with van der Waals surface area (Å²) in [4.78, 5) is 43.2. The first-order chi connectivity index (χ1) is 19.8. The molecule has 4 rings (SSSR count). The Hall–Kier alpha value is -3.30. The van der Waals surface area contributed by atoms with Gasteiger partial charge in [0.2, 0.25) is 5.91 Å². The topological polar surface area (TPSA) is 94.2 Å². The van der Waals surface area contributed by atoms with Crippen molar-refractivity contribution in [3.63, 3.8) is 0 Å². The highest BCUT2D eigenvalue weighted by atomic mass is 35.5. The van der Waals surface area contributed by atoms with E-state index in [1.807, 2.05) is 42.2 Å². The number of piperazine rings is 1. The fourth-order valence-electron chi connectivity index (χ4n) is 5.40. The van der Waals surface area contributed by atoms with Crippen LogP contribution in [0.2, 0.25) is 5.02 Å². The zero-order valence-electron chi connectivity index (χ0n) is 24.2. The summed E-state index contributed by atoms with van der Waals surface area (Å²) in [5, 5.41) is 6.49. The van der Waals surface area contributed by atoms with Crippen molar-refractivity contribution >= 4 is 46.6 Å². The second kappa shape index (κ2) is 15.1. The van der Waals surface area contributed by atoms with E-state index >= 15 is 0 Å². The third-order valence-electron chi connectivity index (χ3n) is 7.61. The zero-order valence-corrected chi connectivity index (χ0v) is 25.0. The van der Waals surface area contributed by atoms with E-state index in [-0.39, 0.29) is 30.7 Å². The van der Waals surface area contributed by atoms with E-state index in [4.69, 9.17) is 16.3 Å². The van der Waals surface area contributed by atoms with Crippen LogP contribution in [0, 0.1) is 6.92 Å². The van der Waals surface area contributed by atoms with Crippen LogP contribution in [0.1, 0.15) is 56.6 Å². The van der Waals surface area contributed by atoms with E-state index < -0.39 is 0 Å². The van der Waals surface area contributed by atoms with Gasteiger partial charge >= 0.3 is 12.0 Å². The molecule has 2 N–H and O–H groups in total. The summed E-state index contributed by atoms with van der Waals surface area (Å²) in [6, 6.07) is 11.7. The van der Waals surface area contributed by atoms with Crippen LogP contribution in [0.3, 0.4) is 0 Å². The molecule has 222 valence electrons. The summed E-state index contributed by atoms with van der Waals surface area (Å²) >= 11 is 6.63. The number of hydrogen-bond donors (Lipinski definition) is 2. The number of hydrogen-bond acceptors (Lipinski definition) is 6. The van der Waals surface area contributed by atoms with Crippen LogP contribution in [0.4, 0.5) is 21.9 Å². The lowest BCUT2D eigenvalue weighted by Gasteiger charge is -2.36. The molecule has 0 bridgehead atoms. The van der Waals surface area contributed by atoms with Crippen LogP contribution in [-0.4, -0.2) is 73.6 Å². The summed E-state index contributed by atoms with van der Waals surface area (Å²) in [5.74, 6) is -0.410. The molecule has 0 saturated carbocycles. The van der Waals surface area contributed by atoms with Gasteiger partial charge in [0.25, 0.3) is 0 Å².